The zero-order valence-electron chi connectivity index (χ0n) is 16.4. The van der Waals surface area contributed by atoms with E-state index in [0.29, 0.717) is 23.4 Å². The van der Waals surface area contributed by atoms with Crippen LogP contribution in [-0.4, -0.2) is 51.2 Å². The zero-order chi connectivity index (χ0) is 19.4. The van der Waals surface area contributed by atoms with Gasteiger partial charge in [0.1, 0.15) is 6.26 Å². The highest BCUT2D eigenvalue weighted by Gasteiger charge is 2.35. The van der Waals surface area contributed by atoms with E-state index < -0.39 is 0 Å². The second-order valence-corrected chi connectivity index (χ2v) is 8.76. The fourth-order valence-corrected chi connectivity index (χ4v) is 4.89. The molecule has 3 aliphatic heterocycles. The van der Waals surface area contributed by atoms with E-state index in [9.17, 15) is 4.79 Å². The Labute approximate surface area is 169 Å². The number of aromatic nitrogens is 3. The van der Waals surface area contributed by atoms with Gasteiger partial charge < -0.3 is 14.6 Å². The van der Waals surface area contributed by atoms with E-state index in [2.05, 4.69) is 15.2 Å². The summed E-state index contributed by atoms with van der Waals surface area (Å²) >= 11 is 0. The SMILES string of the molecule is O=C(N[C@@H]1CN2CCC1CC2)c1nn(CC2CC2)c2cc(-c3ncco3)ccc12. The molecule has 7 heteroatoms. The van der Waals surface area contributed by atoms with Gasteiger partial charge in [-0.05, 0) is 68.8 Å². The van der Waals surface area contributed by atoms with Gasteiger partial charge in [-0.15, -0.1) is 0 Å². The average Bonchev–Trinajstić information content (AvgIpc) is 3.25. The lowest BCUT2D eigenvalue weighted by Crippen LogP contribution is -2.57. The number of carbonyl (C=O) groups excluding carboxylic acids is 1. The molecule has 5 heterocycles. The molecule has 3 saturated heterocycles. The third-order valence-corrected chi connectivity index (χ3v) is 6.75. The molecule has 0 radical (unpaired) electrons. The molecule has 1 aliphatic carbocycles. The third-order valence-electron chi connectivity index (χ3n) is 6.75. The van der Waals surface area contributed by atoms with Gasteiger partial charge in [0.2, 0.25) is 5.89 Å². The summed E-state index contributed by atoms with van der Waals surface area (Å²) in [5.74, 6) is 1.80. The summed E-state index contributed by atoms with van der Waals surface area (Å²) in [6.07, 6.45) is 8.06. The van der Waals surface area contributed by atoms with E-state index in [-0.39, 0.29) is 11.9 Å². The molecule has 7 nitrogen and oxygen atoms in total. The Balaban J connectivity index is 1.34. The van der Waals surface area contributed by atoms with Crippen LogP contribution in [-0.2, 0) is 6.54 Å². The first kappa shape index (κ1) is 17.2. The van der Waals surface area contributed by atoms with Crippen molar-refractivity contribution in [1.82, 2.24) is 25.0 Å². The molecule has 4 fully saturated rings. The number of nitrogens with zero attached hydrogens (tertiary/aromatic N) is 4. The van der Waals surface area contributed by atoms with E-state index in [1.807, 2.05) is 22.9 Å². The number of hydrogen-bond acceptors (Lipinski definition) is 5. The summed E-state index contributed by atoms with van der Waals surface area (Å²) < 4.78 is 7.46. The standard InChI is InChI=1S/C22H25N5O2/c28-21(24-18-13-26-8-5-15(18)6-9-26)20-17-4-3-16(22-23-7-10-29-22)11-19(17)27(25-20)12-14-1-2-14/h3-4,7,10-11,14-15,18H,1-2,5-6,8-9,12-13H2,(H,24,28)/t18-/m1/s1. The predicted octanol–water partition coefficient (Wildman–Crippen LogP) is 2.93. The first-order valence-corrected chi connectivity index (χ1v) is 10.7. The Bertz CT molecular complexity index is 1040. The Hall–Kier alpha value is -2.67. The van der Waals surface area contributed by atoms with E-state index in [4.69, 9.17) is 9.52 Å². The van der Waals surface area contributed by atoms with Gasteiger partial charge in [0.15, 0.2) is 5.69 Å². The van der Waals surface area contributed by atoms with Crippen molar-refractivity contribution in [3.8, 4) is 11.5 Å². The molecule has 29 heavy (non-hydrogen) atoms. The number of benzene rings is 1. The molecule has 1 amide bonds. The largest absolute Gasteiger partial charge is 0.445 e. The fourth-order valence-electron chi connectivity index (χ4n) is 4.89. The van der Waals surface area contributed by atoms with Crippen LogP contribution in [0.25, 0.3) is 22.4 Å². The molecule has 4 aliphatic rings. The van der Waals surface area contributed by atoms with Crippen LogP contribution in [0.4, 0.5) is 0 Å². The summed E-state index contributed by atoms with van der Waals surface area (Å²) in [5, 5.41) is 8.96. The molecule has 1 atom stereocenters. The highest BCUT2D eigenvalue weighted by atomic mass is 16.3. The number of hydrogen-bond donors (Lipinski definition) is 1. The number of carbonyl (C=O) groups is 1. The average molecular weight is 391 g/mol. The van der Waals surface area contributed by atoms with Crippen LogP contribution in [0.3, 0.4) is 0 Å². The van der Waals surface area contributed by atoms with Crippen molar-refractivity contribution in [1.29, 1.82) is 0 Å². The molecule has 2 aromatic heterocycles. The maximum absolute atomic E-state index is 13.2. The summed E-state index contributed by atoms with van der Waals surface area (Å²) in [4.78, 5) is 19.9. The van der Waals surface area contributed by atoms with Crippen LogP contribution in [0.1, 0.15) is 36.2 Å². The van der Waals surface area contributed by atoms with Gasteiger partial charge in [-0.1, -0.05) is 0 Å². The quantitative estimate of drug-likeness (QED) is 0.724. The van der Waals surface area contributed by atoms with Gasteiger partial charge in [-0.2, -0.15) is 5.10 Å². The molecular weight excluding hydrogens is 366 g/mol. The van der Waals surface area contributed by atoms with Gasteiger partial charge in [-0.25, -0.2) is 4.98 Å². The minimum Gasteiger partial charge on any atom is -0.445 e. The topological polar surface area (TPSA) is 76.2 Å². The van der Waals surface area contributed by atoms with E-state index in [0.717, 1.165) is 29.6 Å². The van der Waals surface area contributed by atoms with Gasteiger partial charge in [0, 0.05) is 30.1 Å². The van der Waals surface area contributed by atoms with Crippen molar-refractivity contribution in [3.05, 3.63) is 36.4 Å². The third kappa shape index (κ3) is 3.13. The first-order chi connectivity index (χ1) is 14.2. The predicted molar refractivity (Wildman–Crippen MR) is 108 cm³/mol. The summed E-state index contributed by atoms with van der Waals surface area (Å²) in [5.41, 5.74) is 2.42. The fraction of sp³-hybridized carbons (Fsp3) is 0.500. The summed E-state index contributed by atoms with van der Waals surface area (Å²) in [6.45, 7) is 4.16. The number of fused-ring (bicyclic) bond motifs is 4. The van der Waals surface area contributed by atoms with E-state index in [1.54, 1.807) is 12.5 Å². The number of piperidine rings is 3. The Kier molecular flexibility index (Phi) is 3.97. The Morgan fingerprint density at radius 1 is 1.21 bits per heavy atom. The van der Waals surface area contributed by atoms with Crippen molar-refractivity contribution < 1.29 is 9.21 Å². The maximum Gasteiger partial charge on any atom is 0.272 e. The van der Waals surface area contributed by atoms with Crippen LogP contribution in [0.2, 0.25) is 0 Å². The molecule has 1 saturated carbocycles. The molecule has 0 spiro atoms. The Morgan fingerprint density at radius 3 is 2.76 bits per heavy atom. The van der Waals surface area contributed by atoms with Crippen LogP contribution < -0.4 is 5.32 Å². The zero-order valence-corrected chi connectivity index (χ0v) is 16.4. The smallest absolute Gasteiger partial charge is 0.272 e. The van der Waals surface area contributed by atoms with Gasteiger partial charge >= 0.3 is 0 Å². The lowest BCUT2D eigenvalue weighted by Gasteiger charge is -2.44. The first-order valence-electron chi connectivity index (χ1n) is 10.7. The molecule has 1 N–H and O–H groups in total. The van der Waals surface area contributed by atoms with Crippen molar-refractivity contribution in [2.75, 3.05) is 19.6 Å². The van der Waals surface area contributed by atoms with Gasteiger partial charge in [0.25, 0.3) is 5.91 Å². The summed E-state index contributed by atoms with van der Waals surface area (Å²) in [7, 11) is 0. The highest BCUT2D eigenvalue weighted by Crippen LogP contribution is 2.33. The molecule has 3 aromatic rings. The van der Waals surface area contributed by atoms with Crippen LogP contribution in [0.5, 0.6) is 0 Å². The van der Waals surface area contributed by atoms with Crippen LogP contribution >= 0.6 is 0 Å². The molecular formula is C22H25N5O2. The summed E-state index contributed by atoms with van der Waals surface area (Å²) in [6, 6.07) is 6.22. The monoisotopic (exact) mass is 391 g/mol. The second kappa shape index (κ2) is 6.69. The number of nitrogens with one attached hydrogen (secondary N) is 1. The van der Waals surface area contributed by atoms with Crippen molar-refractivity contribution in [2.24, 2.45) is 11.8 Å². The molecule has 150 valence electrons. The second-order valence-electron chi connectivity index (χ2n) is 8.76. The number of amides is 1. The van der Waals surface area contributed by atoms with Crippen molar-refractivity contribution in [3.63, 3.8) is 0 Å². The van der Waals surface area contributed by atoms with Crippen LogP contribution in [0, 0.1) is 11.8 Å². The van der Waals surface area contributed by atoms with E-state index in [1.165, 1.54) is 38.8 Å². The van der Waals surface area contributed by atoms with Gasteiger partial charge in [0.05, 0.1) is 11.7 Å². The number of oxazole rings is 1. The lowest BCUT2D eigenvalue weighted by molar-refractivity contribution is 0.0618. The maximum atomic E-state index is 13.2. The van der Waals surface area contributed by atoms with Crippen LogP contribution in [0.15, 0.2) is 35.1 Å². The minimum absolute atomic E-state index is 0.0489. The minimum atomic E-state index is -0.0489. The van der Waals surface area contributed by atoms with Crippen molar-refractivity contribution in [2.45, 2.75) is 38.3 Å². The van der Waals surface area contributed by atoms with E-state index >= 15 is 0 Å². The molecule has 0 unspecified atom stereocenters. The Morgan fingerprint density at radius 2 is 2.07 bits per heavy atom. The van der Waals surface area contributed by atoms with Crippen molar-refractivity contribution >= 4 is 16.8 Å². The number of rotatable bonds is 5. The highest BCUT2D eigenvalue weighted by molar-refractivity contribution is 6.05. The molecule has 1 aromatic carbocycles. The molecule has 2 bridgehead atoms. The molecule has 7 rings (SSSR count). The normalized spacial score (nSPS) is 26.1. The lowest BCUT2D eigenvalue weighted by atomic mass is 9.84. The van der Waals surface area contributed by atoms with Gasteiger partial charge in [-0.3, -0.25) is 9.48 Å².